The molecule has 2 amide bonds. The zero-order valence-corrected chi connectivity index (χ0v) is 16.3. The Balaban J connectivity index is 1.54. The van der Waals surface area contributed by atoms with Gasteiger partial charge in [-0.2, -0.15) is 0 Å². The van der Waals surface area contributed by atoms with Crippen LogP contribution < -0.4 is 5.06 Å². The van der Waals surface area contributed by atoms with Crippen LogP contribution in [0.1, 0.15) is 17.2 Å². The van der Waals surface area contributed by atoms with E-state index in [4.69, 9.17) is 4.84 Å². The highest BCUT2D eigenvalue weighted by Gasteiger charge is 2.59. The van der Waals surface area contributed by atoms with Gasteiger partial charge in [0.05, 0.1) is 18.3 Å². The molecule has 3 aromatic carbocycles. The Morgan fingerprint density at radius 2 is 1.48 bits per heavy atom. The molecule has 0 saturated carbocycles. The second-order valence-electron chi connectivity index (χ2n) is 7.58. The Morgan fingerprint density at radius 1 is 0.806 bits per heavy atom. The molecular weight excluding hydrogens is 402 g/mol. The summed E-state index contributed by atoms with van der Waals surface area (Å²) in [5.74, 6) is -3.71. The number of anilines is 1. The first-order chi connectivity index (χ1) is 15.0. The summed E-state index contributed by atoms with van der Waals surface area (Å²) in [6, 6.07) is 20.8. The lowest BCUT2D eigenvalue weighted by atomic mass is 9.90. The molecule has 31 heavy (non-hydrogen) atoms. The van der Waals surface area contributed by atoms with Crippen LogP contribution in [0.25, 0.3) is 0 Å². The molecule has 3 atom stereocenters. The van der Waals surface area contributed by atoms with E-state index in [-0.39, 0.29) is 6.54 Å². The maximum atomic E-state index is 14.0. The van der Waals surface area contributed by atoms with Crippen molar-refractivity contribution in [1.29, 1.82) is 0 Å². The second-order valence-corrected chi connectivity index (χ2v) is 7.58. The van der Waals surface area contributed by atoms with E-state index in [1.807, 2.05) is 36.4 Å². The summed E-state index contributed by atoms with van der Waals surface area (Å²) in [7, 11) is 0. The Labute approximate surface area is 177 Å². The first-order valence-corrected chi connectivity index (χ1v) is 9.90. The first kappa shape index (κ1) is 19.4. The van der Waals surface area contributed by atoms with Crippen LogP contribution in [0.2, 0.25) is 0 Å². The van der Waals surface area contributed by atoms with E-state index in [0.717, 1.165) is 17.7 Å². The average molecular weight is 420 g/mol. The Morgan fingerprint density at radius 3 is 2.16 bits per heavy atom. The van der Waals surface area contributed by atoms with E-state index in [1.54, 1.807) is 24.3 Å². The maximum absolute atomic E-state index is 14.0. The zero-order valence-electron chi connectivity index (χ0n) is 16.3. The number of carbonyl (C=O) groups is 2. The molecule has 0 unspecified atom stereocenters. The van der Waals surface area contributed by atoms with Gasteiger partial charge in [-0.15, -0.1) is 0 Å². The molecule has 2 saturated heterocycles. The van der Waals surface area contributed by atoms with Gasteiger partial charge in [0.15, 0.2) is 17.7 Å². The standard InChI is InChI=1S/C24H18F2N2O3/c25-18-12-11-16(13-19(18)26)21-20-22(31-28(21)17-9-5-2-6-10-17)24(30)27(23(20)29)14-15-7-3-1-4-8-15/h1-13,20-22H,14H2/t20-,21-,22-/m1/s1. The summed E-state index contributed by atoms with van der Waals surface area (Å²) in [6.07, 6.45) is -1.03. The van der Waals surface area contributed by atoms with Gasteiger partial charge in [-0.1, -0.05) is 54.6 Å². The lowest BCUT2D eigenvalue weighted by Crippen LogP contribution is -2.37. The minimum Gasteiger partial charge on any atom is -0.275 e. The zero-order chi connectivity index (χ0) is 21.5. The van der Waals surface area contributed by atoms with Crippen LogP contribution in [-0.4, -0.2) is 22.8 Å². The molecule has 0 bridgehead atoms. The normalized spacial score (nSPS) is 22.8. The molecule has 0 aliphatic carbocycles. The van der Waals surface area contributed by atoms with Crippen molar-refractivity contribution < 1.29 is 23.2 Å². The quantitative estimate of drug-likeness (QED) is 0.599. The smallest absolute Gasteiger partial charge is 0.262 e. The van der Waals surface area contributed by atoms with Gasteiger partial charge < -0.3 is 0 Å². The molecule has 7 heteroatoms. The third kappa shape index (κ3) is 3.27. The van der Waals surface area contributed by atoms with Crippen LogP contribution in [0.15, 0.2) is 78.9 Å². The van der Waals surface area contributed by atoms with Crippen molar-refractivity contribution in [3.05, 3.63) is 102 Å². The molecule has 2 aliphatic heterocycles. The predicted molar refractivity (Wildman–Crippen MR) is 108 cm³/mol. The predicted octanol–water partition coefficient (Wildman–Crippen LogP) is 4.01. The van der Waals surface area contributed by atoms with Crippen LogP contribution in [0, 0.1) is 17.6 Å². The van der Waals surface area contributed by atoms with Crippen LogP contribution in [0.5, 0.6) is 0 Å². The number of benzene rings is 3. The minimum absolute atomic E-state index is 0.130. The number of halogens is 2. The summed E-state index contributed by atoms with van der Waals surface area (Å²) in [6.45, 7) is 0.130. The highest BCUT2D eigenvalue weighted by atomic mass is 19.2. The maximum Gasteiger partial charge on any atom is 0.262 e. The number of carbonyl (C=O) groups excluding carboxylic acids is 2. The number of hydrogen-bond acceptors (Lipinski definition) is 4. The molecule has 5 nitrogen and oxygen atoms in total. The van der Waals surface area contributed by atoms with Gasteiger partial charge in [-0.3, -0.25) is 19.3 Å². The Hall–Kier alpha value is -3.58. The van der Waals surface area contributed by atoms with Crippen LogP contribution in [-0.2, 0) is 21.0 Å². The average Bonchev–Trinajstić information content (AvgIpc) is 3.29. The van der Waals surface area contributed by atoms with E-state index in [1.165, 1.54) is 16.0 Å². The molecule has 156 valence electrons. The number of hydroxylamine groups is 1. The van der Waals surface area contributed by atoms with E-state index in [0.29, 0.717) is 11.3 Å². The van der Waals surface area contributed by atoms with Crippen LogP contribution >= 0.6 is 0 Å². The van der Waals surface area contributed by atoms with Crippen molar-refractivity contribution in [2.75, 3.05) is 5.06 Å². The molecule has 2 fully saturated rings. The SMILES string of the molecule is O=C1[C@@H]2[C@@H](c3ccc(F)c(F)c3)N(c3ccccc3)O[C@H]2C(=O)N1Cc1ccccc1. The van der Waals surface area contributed by atoms with Crippen LogP contribution in [0.4, 0.5) is 14.5 Å². The summed E-state index contributed by atoms with van der Waals surface area (Å²) in [4.78, 5) is 33.6. The molecule has 3 aromatic rings. The minimum atomic E-state index is -1.03. The Bertz CT molecular complexity index is 1140. The van der Waals surface area contributed by atoms with Crippen molar-refractivity contribution in [2.45, 2.75) is 18.7 Å². The third-order valence-electron chi connectivity index (χ3n) is 5.69. The van der Waals surface area contributed by atoms with Crippen molar-refractivity contribution in [2.24, 2.45) is 5.92 Å². The lowest BCUT2D eigenvalue weighted by molar-refractivity contribution is -0.143. The Kier molecular flexibility index (Phi) is 4.75. The number of amides is 2. The fourth-order valence-electron chi connectivity index (χ4n) is 4.23. The topological polar surface area (TPSA) is 49.9 Å². The van der Waals surface area contributed by atoms with Gasteiger partial charge >= 0.3 is 0 Å². The number of imide groups is 1. The monoisotopic (exact) mass is 420 g/mol. The summed E-state index contributed by atoms with van der Waals surface area (Å²) < 4.78 is 27.6. The lowest BCUT2D eigenvalue weighted by Gasteiger charge is -2.28. The van der Waals surface area contributed by atoms with E-state index >= 15 is 0 Å². The number of hydrogen-bond donors (Lipinski definition) is 0. The van der Waals surface area contributed by atoms with E-state index in [2.05, 4.69) is 0 Å². The largest absolute Gasteiger partial charge is 0.275 e. The summed E-state index contributed by atoms with van der Waals surface area (Å²) in [5, 5.41) is 1.46. The number of fused-ring (bicyclic) bond motifs is 1. The highest BCUT2D eigenvalue weighted by molar-refractivity contribution is 6.07. The molecule has 0 radical (unpaired) electrons. The van der Waals surface area contributed by atoms with Gasteiger partial charge in [0, 0.05) is 0 Å². The molecule has 5 rings (SSSR count). The van der Waals surface area contributed by atoms with Gasteiger partial charge in [0.25, 0.3) is 5.91 Å². The molecule has 2 aliphatic rings. The molecule has 0 spiro atoms. The molecule has 0 N–H and O–H groups in total. The van der Waals surface area contributed by atoms with Gasteiger partial charge in [-0.05, 0) is 35.4 Å². The van der Waals surface area contributed by atoms with E-state index < -0.39 is 41.5 Å². The van der Waals surface area contributed by atoms with Gasteiger partial charge in [-0.25, -0.2) is 13.8 Å². The number of rotatable bonds is 4. The van der Waals surface area contributed by atoms with Crippen molar-refractivity contribution in [3.8, 4) is 0 Å². The fraction of sp³-hybridized carbons (Fsp3) is 0.167. The number of nitrogens with zero attached hydrogens (tertiary/aromatic N) is 2. The third-order valence-corrected chi connectivity index (χ3v) is 5.69. The second kappa shape index (κ2) is 7.59. The number of para-hydroxylation sites is 1. The molecule has 2 heterocycles. The van der Waals surface area contributed by atoms with Crippen molar-refractivity contribution in [3.63, 3.8) is 0 Å². The number of likely N-dealkylation sites (tertiary alicyclic amines) is 1. The first-order valence-electron chi connectivity index (χ1n) is 9.90. The summed E-state index contributed by atoms with van der Waals surface area (Å²) in [5.41, 5.74) is 1.79. The van der Waals surface area contributed by atoms with Crippen LogP contribution in [0.3, 0.4) is 0 Å². The van der Waals surface area contributed by atoms with Gasteiger partial charge in [0.2, 0.25) is 5.91 Å². The molecule has 0 aromatic heterocycles. The van der Waals surface area contributed by atoms with Crippen molar-refractivity contribution in [1.82, 2.24) is 4.90 Å². The fourth-order valence-corrected chi connectivity index (χ4v) is 4.23. The molecular formula is C24H18F2N2O3. The highest BCUT2D eigenvalue weighted by Crippen LogP contribution is 2.47. The van der Waals surface area contributed by atoms with Crippen molar-refractivity contribution >= 4 is 17.5 Å². The van der Waals surface area contributed by atoms with Gasteiger partial charge in [0.1, 0.15) is 5.92 Å². The summed E-state index contributed by atoms with van der Waals surface area (Å²) >= 11 is 0. The van der Waals surface area contributed by atoms with E-state index in [9.17, 15) is 18.4 Å².